The summed E-state index contributed by atoms with van der Waals surface area (Å²) in [5.74, 6) is 1.14. The van der Waals surface area contributed by atoms with Crippen molar-refractivity contribution >= 4 is 5.91 Å². The minimum Gasteiger partial charge on any atom is -0.508 e. The maximum absolute atomic E-state index is 12.8. The quantitative estimate of drug-likeness (QED) is 0.926. The van der Waals surface area contributed by atoms with Crippen molar-refractivity contribution in [2.24, 2.45) is 0 Å². The second-order valence-electron chi connectivity index (χ2n) is 6.29. The van der Waals surface area contributed by atoms with E-state index in [-0.39, 0.29) is 11.7 Å². The van der Waals surface area contributed by atoms with Gasteiger partial charge in [0.1, 0.15) is 11.5 Å². The molecule has 23 heavy (non-hydrogen) atoms. The number of fused-ring (bicyclic) bond motifs is 4. The van der Waals surface area contributed by atoms with Crippen molar-refractivity contribution in [2.45, 2.75) is 18.9 Å². The Morgan fingerprint density at radius 3 is 2.70 bits per heavy atom. The van der Waals surface area contributed by atoms with E-state index in [9.17, 15) is 9.90 Å². The van der Waals surface area contributed by atoms with E-state index in [1.165, 1.54) is 0 Å². The maximum Gasteiger partial charge on any atom is 0.289 e. The fraction of sp³-hybridized carbons (Fsp3) is 0.389. The number of phenolic OH excluding ortho intramolecular Hbond substituents is 1. The first kappa shape index (κ1) is 14.3. The van der Waals surface area contributed by atoms with Crippen LogP contribution in [0.1, 0.15) is 23.4 Å². The average molecular weight is 312 g/mol. The Morgan fingerprint density at radius 2 is 1.91 bits per heavy atom. The van der Waals surface area contributed by atoms with Crippen molar-refractivity contribution in [3.63, 3.8) is 0 Å². The van der Waals surface area contributed by atoms with Crippen LogP contribution in [0, 0.1) is 0 Å². The number of piperidine rings is 1. The summed E-state index contributed by atoms with van der Waals surface area (Å²) in [5.41, 5.74) is 0.770. The molecular formula is C18H20N2O3. The molecule has 120 valence electrons. The van der Waals surface area contributed by atoms with Crippen LogP contribution < -0.4 is 0 Å². The zero-order valence-corrected chi connectivity index (χ0v) is 12.9. The Hall–Kier alpha value is -2.27. The fourth-order valence-corrected chi connectivity index (χ4v) is 3.56. The number of amides is 1. The second kappa shape index (κ2) is 5.74. The van der Waals surface area contributed by atoms with Crippen molar-refractivity contribution in [3.8, 4) is 17.1 Å². The highest BCUT2D eigenvalue weighted by Crippen LogP contribution is 2.27. The van der Waals surface area contributed by atoms with Crippen LogP contribution in [0.15, 0.2) is 40.8 Å². The van der Waals surface area contributed by atoms with Crippen LogP contribution in [0.4, 0.5) is 0 Å². The minimum absolute atomic E-state index is 0.0230. The summed E-state index contributed by atoms with van der Waals surface area (Å²) in [6.07, 6.45) is 2.09. The number of furan rings is 1. The van der Waals surface area contributed by atoms with Gasteiger partial charge in [-0.25, -0.2) is 0 Å². The number of hydrogen-bond acceptors (Lipinski definition) is 4. The van der Waals surface area contributed by atoms with Gasteiger partial charge in [0.05, 0.1) is 0 Å². The van der Waals surface area contributed by atoms with E-state index in [0.29, 0.717) is 17.6 Å². The molecule has 2 aromatic rings. The zero-order valence-electron chi connectivity index (χ0n) is 12.9. The largest absolute Gasteiger partial charge is 0.508 e. The fourth-order valence-electron chi connectivity index (χ4n) is 3.56. The van der Waals surface area contributed by atoms with Crippen molar-refractivity contribution in [3.05, 3.63) is 42.2 Å². The third-order valence-electron chi connectivity index (χ3n) is 4.86. The Balaban J connectivity index is 1.57. The van der Waals surface area contributed by atoms with Gasteiger partial charge in [0, 0.05) is 37.8 Å². The van der Waals surface area contributed by atoms with Crippen molar-refractivity contribution in [1.82, 2.24) is 9.80 Å². The number of carbonyl (C=O) groups is 1. The number of phenols is 1. The summed E-state index contributed by atoms with van der Waals surface area (Å²) in [6.45, 7) is 3.89. The summed E-state index contributed by atoms with van der Waals surface area (Å²) < 4.78 is 5.77. The van der Waals surface area contributed by atoms with Gasteiger partial charge in [-0.1, -0.05) is 12.1 Å². The molecule has 0 aliphatic carbocycles. The molecule has 0 atom stereocenters. The van der Waals surface area contributed by atoms with Crippen molar-refractivity contribution in [1.29, 1.82) is 0 Å². The van der Waals surface area contributed by atoms with Gasteiger partial charge in [0.2, 0.25) is 0 Å². The van der Waals surface area contributed by atoms with E-state index < -0.39 is 0 Å². The van der Waals surface area contributed by atoms with Crippen molar-refractivity contribution in [2.75, 3.05) is 26.2 Å². The summed E-state index contributed by atoms with van der Waals surface area (Å²) in [6, 6.07) is 10.7. The number of benzene rings is 1. The molecule has 3 aliphatic rings. The highest BCUT2D eigenvalue weighted by atomic mass is 16.4. The molecule has 1 aromatic carbocycles. The standard InChI is InChI=1S/C18H20N2O3/c21-15-3-1-2-13(12-15)16-4-5-17(23-16)18(22)20-11-10-19-8-6-14(20)7-9-19/h1-5,12,14,21H,6-11H2. The van der Waals surface area contributed by atoms with Crippen LogP contribution in [0.5, 0.6) is 5.75 Å². The zero-order chi connectivity index (χ0) is 15.8. The van der Waals surface area contributed by atoms with Gasteiger partial charge < -0.3 is 19.3 Å². The molecule has 5 nitrogen and oxygen atoms in total. The van der Waals surface area contributed by atoms with Gasteiger partial charge in [-0.2, -0.15) is 0 Å². The molecule has 0 radical (unpaired) electrons. The summed E-state index contributed by atoms with van der Waals surface area (Å²) in [5, 5.41) is 9.58. The molecule has 3 saturated heterocycles. The molecule has 5 heteroatoms. The van der Waals surface area contributed by atoms with E-state index >= 15 is 0 Å². The molecule has 0 unspecified atom stereocenters. The van der Waals surface area contributed by atoms with E-state index in [1.54, 1.807) is 30.3 Å². The predicted molar refractivity (Wildman–Crippen MR) is 86.3 cm³/mol. The Bertz CT molecular complexity index is 717. The lowest BCUT2D eigenvalue weighted by Crippen LogP contribution is -2.41. The van der Waals surface area contributed by atoms with Gasteiger partial charge in [0.25, 0.3) is 5.91 Å². The SMILES string of the molecule is O=C(c1ccc(-c2cccc(O)c2)o1)N1CCN2CCC1CC2. The lowest BCUT2D eigenvalue weighted by Gasteiger charge is -2.30. The van der Waals surface area contributed by atoms with Crippen LogP contribution in [-0.2, 0) is 0 Å². The van der Waals surface area contributed by atoms with Gasteiger partial charge in [-0.05, 0) is 37.1 Å². The topological polar surface area (TPSA) is 56.9 Å². The molecule has 3 aliphatic heterocycles. The number of hydrogen-bond donors (Lipinski definition) is 1. The lowest BCUT2D eigenvalue weighted by atomic mass is 10.1. The smallest absolute Gasteiger partial charge is 0.289 e. The Kier molecular flexibility index (Phi) is 3.58. The van der Waals surface area contributed by atoms with Crippen LogP contribution in [0.2, 0.25) is 0 Å². The predicted octanol–water partition coefficient (Wildman–Crippen LogP) is 2.57. The first-order valence-electron chi connectivity index (χ1n) is 8.13. The van der Waals surface area contributed by atoms with E-state index in [4.69, 9.17) is 4.42 Å². The summed E-state index contributed by atoms with van der Waals surface area (Å²) in [4.78, 5) is 17.2. The van der Waals surface area contributed by atoms with Crippen LogP contribution in [0.3, 0.4) is 0 Å². The lowest BCUT2D eigenvalue weighted by molar-refractivity contribution is 0.0653. The third kappa shape index (κ3) is 2.72. The molecular weight excluding hydrogens is 292 g/mol. The summed E-state index contributed by atoms with van der Waals surface area (Å²) in [7, 11) is 0. The summed E-state index contributed by atoms with van der Waals surface area (Å²) >= 11 is 0. The number of aromatic hydroxyl groups is 1. The average Bonchev–Trinajstić information content (AvgIpc) is 2.88. The minimum atomic E-state index is -0.0230. The second-order valence-corrected chi connectivity index (χ2v) is 6.29. The van der Waals surface area contributed by atoms with Crippen LogP contribution in [0.25, 0.3) is 11.3 Å². The van der Waals surface area contributed by atoms with Gasteiger partial charge in [0.15, 0.2) is 5.76 Å². The first-order chi connectivity index (χ1) is 11.2. The molecule has 3 fully saturated rings. The third-order valence-corrected chi connectivity index (χ3v) is 4.86. The van der Waals surface area contributed by atoms with E-state index in [2.05, 4.69) is 4.90 Å². The number of rotatable bonds is 2. The maximum atomic E-state index is 12.8. The number of nitrogens with zero attached hydrogens (tertiary/aromatic N) is 2. The Labute approximate surface area is 135 Å². The molecule has 1 N–H and O–H groups in total. The van der Waals surface area contributed by atoms with Gasteiger partial charge in [-0.3, -0.25) is 4.79 Å². The highest BCUT2D eigenvalue weighted by molar-refractivity contribution is 5.92. The highest BCUT2D eigenvalue weighted by Gasteiger charge is 2.33. The molecule has 5 rings (SSSR count). The molecule has 1 amide bonds. The van der Waals surface area contributed by atoms with Gasteiger partial charge in [-0.15, -0.1) is 0 Å². The molecule has 0 spiro atoms. The normalized spacial score (nSPS) is 23.7. The molecule has 0 saturated carbocycles. The molecule has 4 heterocycles. The molecule has 1 aromatic heterocycles. The first-order valence-corrected chi connectivity index (χ1v) is 8.13. The molecule has 2 bridgehead atoms. The number of carbonyl (C=O) groups excluding carboxylic acids is 1. The monoisotopic (exact) mass is 312 g/mol. The van der Waals surface area contributed by atoms with E-state index in [0.717, 1.165) is 44.6 Å². The van der Waals surface area contributed by atoms with Gasteiger partial charge >= 0.3 is 0 Å². The van der Waals surface area contributed by atoms with E-state index in [1.807, 2.05) is 11.0 Å². The van der Waals surface area contributed by atoms with Crippen LogP contribution >= 0.6 is 0 Å². The Morgan fingerprint density at radius 1 is 1.09 bits per heavy atom. The van der Waals surface area contributed by atoms with Crippen molar-refractivity contribution < 1.29 is 14.3 Å². The van der Waals surface area contributed by atoms with Crippen LogP contribution in [-0.4, -0.2) is 53.0 Å².